The summed E-state index contributed by atoms with van der Waals surface area (Å²) in [4.78, 5) is 0. The Morgan fingerprint density at radius 2 is 1.44 bits per heavy atom. The first-order valence-corrected chi connectivity index (χ1v) is 6.09. The van der Waals surface area contributed by atoms with Gasteiger partial charge in [0, 0.05) is 6.42 Å². The van der Waals surface area contributed by atoms with Crippen molar-refractivity contribution in [3.63, 3.8) is 0 Å². The highest BCUT2D eigenvalue weighted by atomic mass is 16.3. The van der Waals surface area contributed by atoms with Crippen LogP contribution in [0.5, 0.6) is 0 Å². The summed E-state index contributed by atoms with van der Waals surface area (Å²) in [6.45, 7) is 1.66. The first kappa shape index (κ1) is 12.8. The minimum atomic E-state index is -1.18. The summed E-state index contributed by atoms with van der Waals surface area (Å²) in [5.41, 5.74) is 0.568. The van der Waals surface area contributed by atoms with Gasteiger partial charge < -0.3 is 10.2 Å². The highest BCUT2D eigenvalue weighted by Gasteiger charge is 2.31. The van der Waals surface area contributed by atoms with Crippen LogP contribution in [-0.2, 0) is 6.42 Å². The zero-order valence-electron chi connectivity index (χ0n) is 10.5. The lowest BCUT2D eigenvalue weighted by Crippen LogP contribution is -2.35. The molecule has 0 heterocycles. The molecule has 2 unspecified atom stereocenters. The van der Waals surface area contributed by atoms with E-state index in [9.17, 15) is 10.2 Å². The average molecular weight is 242 g/mol. The lowest BCUT2D eigenvalue weighted by atomic mass is 9.87. The van der Waals surface area contributed by atoms with E-state index in [0.29, 0.717) is 6.42 Å². The molecule has 2 nitrogen and oxygen atoms in total. The molecule has 94 valence electrons. The second-order valence-corrected chi connectivity index (χ2v) is 4.83. The molecule has 0 amide bonds. The summed E-state index contributed by atoms with van der Waals surface area (Å²) >= 11 is 0. The van der Waals surface area contributed by atoms with Crippen molar-refractivity contribution in [1.29, 1.82) is 0 Å². The predicted molar refractivity (Wildman–Crippen MR) is 72.2 cm³/mol. The number of benzene rings is 2. The fourth-order valence-corrected chi connectivity index (χ4v) is 2.10. The molecule has 0 bridgehead atoms. The van der Waals surface area contributed by atoms with Crippen LogP contribution in [0.1, 0.15) is 24.2 Å². The maximum absolute atomic E-state index is 10.4. The Hall–Kier alpha value is -1.64. The number of rotatable bonds is 4. The third-order valence-electron chi connectivity index (χ3n) is 3.11. The summed E-state index contributed by atoms with van der Waals surface area (Å²) < 4.78 is 0. The second-order valence-electron chi connectivity index (χ2n) is 4.83. The van der Waals surface area contributed by atoms with Crippen LogP contribution in [-0.4, -0.2) is 15.8 Å². The number of aliphatic hydroxyl groups is 2. The van der Waals surface area contributed by atoms with E-state index in [0.717, 1.165) is 11.1 Å². The van der Waals surface area contributed by atoms with Crippen LogP contribution in [0.2, 0.25) is 0 Å². The highest BCUT2D eigenvalue weighted by Crippen LogP contribution is 2.28. The first-order valence-electron chi connectivity index (χ1n) is 6.09. The van der Waals surface area contributed by atoms with Crippen LogP contribution in [0.4, 0.5) is 0 Å². The summed E-state index contributed by atoms with van der Waals surface area (Å²) in [5, 5.41) is 20.7. The number of hydrogen-bond acceptors (Lipinski definition) is 2. The van der Waals surface area contributed by atoms with Gasteiger partial charge in [-0.25, -0.2) is 0 Å². The summed E-state index contributed by atoms with van der Waals surface area (Å²) in [6, 6.07) is 19.0. The fourth-order valence-electron chi connectivity index (χ4n) is 2.10. The van der Waals surface area contributed by atoms with Crippen molar-refractivity contribution in [1.82, 2.24) is 0 Å². The van der Waals surface area contributed by atoms with E-state index in [2.05, 4.69) is 0 Å². The van der Waals surface area contributed by atoms with E-state index >= 15 is 0 Å². The molecule has 0 aliphatic heterocycles. The first-order chi connectivity index (χ1) is 8.59. The molecule has 2 rings (SSSR count). The van der Waals surface area contributed by atoms with Crippen molar-refractivity contribution in [3.05, 3.63) is 71.8 Å². The molecule has 0 spiro atoms. The number of aliphatic hydroxyl groups excluding tert-OH is 1. The van der Waals surface area contributed by atoms with E-state index in [1.807, 2.05) is 60.7 Å². The summed E-state index contributed by atoms with van der Waals surface area (Å²) in [5.74, 6) is 0. The maximum Gasteiger partial charge on any atom is 0.108 e. The molecule has 2 N–H and O–H groups in total. The van der Waals surface area contributed by atoms with Gasteiger partial charge in [-0.1, -0.05) is 60.7 Å². The Balaban J connectivity index is 2.16. The van der Waals surface area contributed by atoms with Crippen molar-refractivity contribution >= 4 is 0 Å². The Morgan fingerprint density at radius 3 is 2.00 bits per heavy atom. The number of hydrogen-bond donors (Lipinski definition) is 2. The average Bonchev–Trinajstić information content (AvgIpc) is 2.39. The van der Waals surface area contributed by atoms with Gasteiger partial charge in [-0.05, 0) is 18.1 Å². The molecule has 0 aromatic heterocycles. The van der Waals surface area contributed by atoms with Crippen molar-refractivity contribution in [2.24, 2.45) is 0 Å². The molecule has 2 aromatic rings. The van der Waals surface area contributed by atoms with Gasteiger partial charge in [0.05, 0.1) is 5.60 Å². The second kappa shape index (κ2) is 5.34. The normalized spacial score (nSPS) is 15.9. The van der Waals surface area contributed by atoms with Crippen molar-refractivity contribution < 1.29 is 10.2 Å². The molecular formula is C16H18O2. The highest BCUT2D eigenvalue weighted by molar-refractivity contribution is 5.23. The van der Waals surface area contributed by atoms with Gasteiger partial charge in [0.15, 0.2) is 0 Å². The fraction of sp³-hybridized carbons (Fsp3) is 0.250. The molecule has 18 heavy (non-hydrogen) atoms. The standard InChI is InChI=1S/C16H18O2/c1-16(18,12-13-8-4-2-5-9-13)15(17)14-10-6-3-7-11-14/h2-11,15,17-18H,12H2,1H3. The Morgan fingerprint density at radius 1 is 0.944 bits per heavy atom. The van der Waals surface area contributed by atoms with E-state index < -0.39 is 11.7 Å². The lowest BCUT2D eigenvalue weighted by molar-refractivity contribution is -0.0630. The predicted octanol–water partition coefficient (Wildman–Crippen LogP) is 2.71. The summed E-state index contributed by atoms with van der Waals surface area (Å²) in [7, 11) is 0. The van der Waals surface area contributed by atoms with E-state index in [-0.39, 0.29) is 0 Å². The summed E-state index contributed by atoms with van der Waals surface area (Å²) in [6.07, 6.45) is -0.469. The van der Waals surface area contributed by atoms with Gasteiger partial charge in [-0.2, -0.15) is 0 Å². The van der Waals surface area contributed by atoms with E-state index in [4.69, 9.17) is 0 Å². The Labute approximate surface area is 108 Å². The molecule has 2 atom stereocenters. The smallest absolute Gasteiger partial charge is 0.108 e. The molecule has 0 radical (unpaired) electrons. The van der Waals surface area contributed by atoms with Crippen molar-refractivity contribution in [3.8, 4) is 0 Å². The molecule has 0 fully saturated rings. The zero-order chi connectivity index (χ0) is 13.0. The molecule has 0 aliphatic carbocycles. The van der Waals surface area contributed by atoms with Gasteiger partial charge >= 0.3 is 0 Å². The van der Waals surface area contributed by atoms with Crippen molar-refractivity contribution in [2.75, 3.05) is 0 Å². The minimum Gasteiger partial charge on any atom is -0.387 e. The van der Waals surface area contributed by atoms with Crippen LogP contribution in [0.25, 0.3) is 0 Å². The van der Waals surface area contributed by atoms with Crippen LogP contribution < -0.4 is 0 Å². The Kier molecular flexibility index (Phi) is 3.80. The maximum atomic E-state index is 10.4. The van der Waals surface area contributed by atoms with Crippen LogP contribution in [0, 0.1) is 0 Å². The lowest BCUT2D eigenvalue weighted by Gasteiger charge is -2.29. The minimum absolute atomic E-state index is 0.421. The molecule has 0 saturated carbocycles. The quantitative estimate of drug-likeness (QED) is 0.865. The molecule has 0 aliphatic rings. The van der Waals surface area contributed by atoms with Gasteiger partial charge in [0.2, 0.25) is 0 Å². The van der Waals surface area contributed by atoms with Crippen LogP contribution >= 0.6 is 0 Å². The largest absolute Gasteiger partial charge is 0.387 e. The third-order valence-corrected chi connectivity index (χ3v) is 3.11. The van der Waals surface area contributed by atoms with Gasteiger partial charge in [0.1, 0.15) is 6.10 Å². The van der Waals surface area contributed by atoms with E-state index in [1.165, 1.54) is 0 Å². The Bertz CT molecular complexity index is 477. The van der Waals surface area contributed by atoms with Gasteiger partial charge in [-0.3, -0.25) is 0 Å². The van der Waals surface area contributed by atoms with Crippen molar-refractivity contribution in [2.45, 2.75) is 25.0 Å². The topological polar surface area (TPSA) is 40.5 Å². The van der Waals surface area contributed by atoms with Crippen LogP contribution in [0.3, 0.4) is 0 Å². The monoisotopic (exact) mass is 242 g/mol. The van der Waals surface area contributed by atoms with Gasteiger partial charge in [0.25, 0.3) is 0 Å². The van der Waals surface area contributed by atoms with E-state index in [1.54, 1.807) is 6.92 Å². The third kappa shape index (κ3) is 2.97. The molecule has 2 heteroatoms. The SMILES string of the molecule is CC(O)(Cc1ccccc1)C(O)c1ccccc1. The van der Waals surface area contributed by atoms with Gasteiger partial charge in [-0.15, -0.1) is 0 Å². The molecule has 0 saturated heterocycles. The zero-order valence-corrected chi connectivity index (χ0v) is 10.5. The molecule has 2 aromatic carbocycles. The molecular weight excluding hydrogens is 224 g/mol. The van der Waals surface area contributed by atoms with Crippen LogP contribution in [0.15, 0.2) is 60.7 Å².